The number of β-amino-alcohol motifs (C(OH)–C–C–N with tert-alkyl or cyclic N) is 1. The third-order valence-electron chi connectivity index (χ3n) is 6.39. The first-order chi connectivity index (χ1) is 16.7. The molecule has 0 spiro atoms. The number of benzene rings is 3. The van der Waals surface area contributed by atoms with E-state index in [0.717, 1.165) is 66.1 Å². The number of fused-ring (bicyclic) bond motifs is 1. The Morgan fingerprint density at radius 3 is 2.32 bits per heavy atom. The molecule has 2 heterocycles. The number of nitrogens with one attached hydrogen (secondary N) is 1. The van der Waals surface area contributed by atoms with E-state index < -0.39 is 0 Å². The van der Waals surface area contributed by atoms with Crippen molar-refractivity contribution < 1.29 is 5.11 Å². The van der Waals surface area contributed by atoms with E-state index >= 15 is 0 Å². The average Bonchev–Trinajstić information content (AvgIpc) is 2.90. The zero-order valence-electron chi connectivity index (χ0n) is 19.0. The second-order valence-corrected chi connectivity index (χ2v) is 8.50. The molecule has 0 bridgehead atoms. The normalized spacial score (nSPS) is 14.2. The Balaban J connectivity index is 1.34. The van der Waals surface area contributed by atoms with Crippen LogP contribution in [0.3, 0.4) is 0 Å². The Kier molecular flexibility index (Phi) is 6.39. The standard InChI is InChI=1S/C28H27N5O/c29-20-21-1-3-22(4-2-21)23-5-10-27-26(19-23)28(11-12-30-27)31-24-6-8-25(9-7-24)33-15-13-32(14-16-33)17-18-34/h1-12,19,34H,13-18H2,(H,30,31). The van der Waals surface area contributed by atoms with Gasteiger partial charge in [-0.15, -0.1) is 0 Å². The number of nitrogens with zero attached hydrogens (tertiary/aromatic N) is 4. The first kappa shape index (κ1) is 21.9. The Morgan fingerprint density at radius 2 is 1.62 bits per heavy atom. The van der Waals surface area contributed by atoms with Gasteiger partial charge in [-0.25, -0.2) is 0 Å². The molecular weight excluding hydrogens is 422 g/mol. The number of piperazine rings is 1. The van der Waals surface area contributed by atoms with Gasteiger partial charge in [-0.05, 0) is 65.7 Å². The number of aromatic nitrogens is 1. The summed E-state index contributed by atoms with van der Waals surface area (Å²) in [6.45, 7) is 4.87. The number of hydrogen-bond donors (Lipinski definition) is 2. The summed E-state index contributed by atoms with van der Waals surface area (Å²) in [5.41, 5.74) is 6.99. The highest BCUT2D eigenvalue weighted by Gasteiger charge is 2.16. The lowest BCUT2D eigenvalue weighted by Crippen LogP contribution is -2.47. The number of pyridine rings is 1. The highest BCUT2D eigenvalue weighted by molar-refractivity contribution is 5.95. The van der Waals surface area contributed by atoms with Crippen LogP contribution in [0.15, 0.2) is 79.0 Å². The van der Waals surface area contributed by atoms with E-state index in [1.165, 1.54) is 5.69 Å². The molecule has 0 aliphatic carbocycles. The van der Waals surface area contributed by atoms with Crippen LogP contribution in [-0.4, -0.2) is 54.3 Å². The summed E-state index contributed by atoms with van der Waals surface area (Å²) in [6.07, 6.45) is 1.83. The van der Waals surface area contributed by atoms with E-state index in [9.17, 15) is 0 Å². The fraction of sp³-hybridized carbons (Fsp3) is 0.214. The lowest BCUT2D eigenvalue weighted by Gasteiger charge is -2.35. The molecule has 0 radical (unpaired) electrons. The maximum Gasteiger partial charge on any atom is 0.0991 e. The molecule has 1 saturated heterocycles. The second kappa shape index (κ2) is 9.92. The molecule has 6 nitrogen and oxygen atoms in total. The topological polar surface area (TPSA) is 75.4 Å². The molecule has 0 unspecified atom stereocenters. The van der Waals surface area contributed by atoms with Crippen molar-refractivity contribution in [1.29, 1.82) is 5.26 Å². The van der Waals surface area contributed by atoms with Gasteiger partial charge >= 0.3 is 0 Å². The lowest BCUT2D eigenvalue weighted by atomic mass is 10.0. The predicted molar refractivity (Wildman–Crippen MR) is 137 cm³/mol. The van der Waals surface area contributed by atoms with Crippen molar-refractivity contribution in [3.8, 4) is 17.2 Å². The molecule has 5 rings (SSSR count). The number of aliphatic hydroxyl groups is 1. The molecule has 3 aromatic carbocycles. The molecular formula is C28H27N5O. The lowest BCUT2D eigenvalue weighted by molar-refractivity contribution is 0.189. The van der Waals surface area contributed by atoms with Crippen LogP contribution in [0.4, 0.5) is 17.1 Å². The Labute approximate surface area is 199 Å². The Morgan fingerprint density at radius 1 is 0.882 bits per heavy atom. The minimum Gasteiger partial charge on any atom is -0.395 e. The molecule has 1 aliphatic rings. The maximum atomic E-state index is 9.13. The molecule has 0 atom stereocenters. The van der Waals surface area contributed by atoms with Gasteiger partial charge in [-0.3, -0.25) is 9.88 Å². The van der Waals surface area contributed by atoms with Crippen LogP contribution < -0.4 is 10.2 Å². The van der Waals surface area contributed by atoms with E-state index in [4.69, 9.17) is 10.4 Å². The Hall–Kier alpha value is -3.92. The maximum absolute atomic E-state index is 9.13. The molecule has 0 amide bonds. The molecule has 1 fully saturated rings. The molecule has 4 aromatic rings. The van der Waals surface area contributed by atoms with Gasteiger partial charge in [0.15, 0.2) is 0 Å². The van der Waals surface area contributed by atoms with Crippen LogP contribution in [0, 0.1) is 11.3 Å². The molecule has 1 aromatic heterocycles. The van der Waals surface area contributed by atoms with Crippen LogP contribution in [0.5, 0.6) is 0 Å². The summed E-state index contributed by atoms with van der Waals surface area (Å²) in [5, 5.41) is 22.8. The van der Waals surface area contributed by atoms with Gasteiger partial charge in [0, 0.05) is 61.4 Å². The minimum absolute atomic E-state index is 0.221. The first-order valence-corrected chi connectivity index (χ1v) is 11.6. The summed E-state index contributed by atoms with van der Waals surface area (Å²) in [4.78, 5) is 9.22. The van der Waals surface area contributed by atoms with Gasteiger partial charge in [0.25, 0.3) is 0 Å². The first-order valence-electron chi connectivity index (χ1n) is 11.6. The fourth-order valence-corrected chi connectivity index (χ4v) is 4.45. The number of rotatable bonds is 6. The minimum atomic E-state index is 0.221. The van der Waals surface area contributed by atoms with Gasteiger partial charge in [-0.1, -0.05) is 18.2 Å². The van der Waals surface area contributed by atoms with Crippen LogP contribution in [-0.2, 0) is 0 Å². The van der Waals surface area contributed by atoms with E-state index in [1.54, 1.807) is 0 Å². The summed E-state index contributed by atoms with van der Waals surface area (Å²) in [6, 6.07) is 26.6. The van der Waals surface area contributed by atoms with Gasteiger partial charge in [0.1, 0.15) is 0 Å². The van der Waals surface area contributed by atoms with Crippen molar-refractivity contribution in [2.24, 2.45) is 0 Å². The predicted octanol–water partition coefficient (Wildman–Crippen LogP) is 4.63. The highest BCUT2D eigenvalue weighted by atomic mass is 16.3. The number of aliphatic hydroxyl groups excluding tert-OH is 1. The van der Waals surface area contributed by atoms with Gasteiger partial charge in [0.05, 0.1) is 23.8 Å². The highest BCUT2D eigenvalue weighted by Crippen LogP contribution is 2.30. The van der Waals surface area contributed by atoms with E-state index in [2.05, 4.69) is 62.6 Å². The van der Waals surface area contributed by atoms with Crippen molar-refractivity contribution in [1.82, 2.24) is 9.88 Å². The molecule has 6 heteroatoms. The molecule has 170 valence electrons. The van der Waals surface area contributed by atoms with Crippen molar-refractivity contribution in [2.75, 3.05) is 49.5 Å². The number of nitriles is 1. The van der Waals surface area contributed by atoms with Crippen LogP contribution >= 0.6 is 0 Å². The van der Waals surface area contributed by atoms with Crippen LogP contribution in [0.1, 0.15) is 5.56 Å². The second-order valence-electron chi connectivity index (χ2n) is 8.50. The van der Waals surface area contributed by atoms with Crippen molar-refractivity contribution in [3.63, 3.8) is 0 Å². The summed E-state index contributed by atoms with van der Waals surface area (Å²) < 4.78 is 0. The Bertz CT molecular complexity index is 1300. The molecule has 34 heavy (non-hydrogen) atoms. The third kappa shape index (κ3) is 4.72. The fourth-order valence-electron chi connectivity index (χ4n) is 4.45. The quantitative estimate of drug-likeness (QED) is 0.447. The van der Waals surface area contributed by atoms with E-state index in [-0.39, 0.29) is 6.61 Å². The summed E-state index contributed by atoms with van der Waals surface area (Å²) in [5.74, 6) is 0. The zero-order chi connectivity index (χ0) is 23.3. The largest absolute Gasteiger partial charge is 0.395 e. The zero-order valence-corrected chi connectivity index (χ0v) is 19.0. The smallest absolute Gasteiger partial charge is 0.0991 e. The van der Waals surface area contributed by atoms with Crippen LogP contribution in [0.25, 0.3) is 22.0 Å². The van der Waals surface area contributed by atoms with E-state index in [0.29, 0.717) is 5.56 Å². The van der Waals surface area contributed by atoms with Gasteiger partial charge < -0.3 is 15.3 Å². The SMILES string of the molecule is N#Cc1ccc(-c2ccc3nccc(Nc4ccc(N5CCN(CCO)CC5)cc4)c3c2)cc1. The molecule has 1 aliphatic heterocycles. The van der Waals surface area contributed by atoms with Gasteiger partial charge in [0.2, 0.25) is 0 Å². The number of anilines is 3. The van der Waals surface area contributed by atoms with Crippen molar-refractivity contribution in [3.05, 3.63) is 84.6 Å². The van der Waals surface area contributed by atoms with E-state index in [1.807, 2.05) is 42.6 Å². The third-order valence-corrected chi connectivity index (χ3v) is 6.39. The number of hydrogen-bond acceptors (Lipinski definition) is 6. The molecule has 2 N–H and O–H groups in total. The van der Waals surface area contributed by atoms with Crippen molar-refractivity contribution in [2.45, 2.75) is 0 Å². The molecule has 0 saturated carbocycles. The van der Waals surface area contributed by atoms with Gasteiger partial charge in [-0.2, -0.15) is 5.26 Å². The monoisotopic (exact) mass is 449 g/mol. The average molecular weight is 450 g/mol. The van der Waals surface area contributed by atoms with Crippen molar-refractivity contribution >= 4 is 28.0 Å². The summed E-state index contributed by atoms with van der Waals surface area (Å²) in [7, 11) is 0. The summed E-state index contributed by atoms with van der Waals surface area (Å²) >= 11 is 0. The van der Waals surface area contributed by atoms with Crippen LogP contribution in [0.2, 0.25) is 0 Å².